The number of carbonyl (C=O) groups excluding carboxylic acids is 1. The average molecular weight is 358 g/mol. The van der Waals surface area contributed by atoms with Gasteiger partial charge in [-0.1, -0.05) is 24.3 Å². The molecule has 0 aromatic heterocycles. The zero-order valence-corrected chi connectivity index (χ0v) is 15.6. The van der Waals surface area contributed by atoms with Crippen molar-refractivity contribution in [1.29, 1.82) is 0 Å². The number of hydrogen-bond donors (Lipinski definition) is 3. The molecule has 0 aliphatic rings. The van der Waals surface area contributed by atoms with Crippen molar-refractivity contribution < 1.29 is 19.4 Å². The first-order chi connectivity index (χ1) is 12.2. The van der Waals surface area contributed by atoms with Gasteiger partial charge in [0.2, 0.25) is 0 Å². The van der Waals surface area contributed by atoms with Gasteiger partial charge in [0.15, 0.2) is 0 Å². The Morgan fingerprint density at radius 1 is 1.23 bits per heavy atom. The van der Waals surface area contributed by atoms with Gasteiger partial charge >= 0.3 is 6.09 Å². The zero-order valence-electron chi connectivity index (χ0n) is 15.6. The number of benzene rings is 2. The van der Waals surface area contributed by atoms with E-state index in [1.165, 1.54) is 0 Å². The maximum absolute atomic E-state index is 11.8. The van der Waals surface area contributed by atoms with Gasteiger partial charge in [0.05, 0.1) is 7.11 Å². The van der Waals surface area contributed by atoms with Gasteiger partial charge in [0.1, 0.15) is 17.5 Å². The van der Waals surface area contributed by atoms with Crippen molar-refractivity contribution >= 4 is 11.8 Å². The Balaban J connectivity index is 2.12. The maximum atomic E-state index is 11.8. The van der Waals surface area contributed by atoms with Crippen molar-refractivity contribution in [2.75, 3.05) is 12.8 Å². The molecule has 4 N–H and O–H groups in total. The molecule has 0 heterocycles. The molecule has 26 heavy (non-hydrogen) atoms. The molecule has 0 saturated carbocycles. The van der Waals surface area contributed by atoms with E-state index >= 15 is 0 Å². The van der Waals surface area contributed by atoms with Crippen LogP contribution in [0, 0.1) is 0 Å². The molecule has 1 atom stereocenters. The summed E-state index contributed by atoms with van der Waals surface area (Å²) in [6.07, 6.45) is -1.38. The molecule has 0 saturated heterocycles. The van der Waals surface area contributed by atoms with E-state index in [1.54, 1.807) is 31.4 Å². The fourth-order valence-electron chi connectivity index (χ4n) is 2.46. The summed E-state index contributed by atoms with van der Waals surface area (Å²) in [5, 5.41) is 13.4. The fraction of sp³-hybridized carbons (Fsp3) is 0.350. The topological polar surface area (TPSA) is 93.8 Å². The van der Waals surface area contributed by atoms with Crippen molar-refractivity contribution in [3.05, 3.63) is 59.2 Å². The van der Waals surface area contributed by atoms with Crippen LogP contribution >= 0.6 is 0 Å². The average Bonchev–Trinajstić information content (AvgIpc) is 2.58. The monoisotopic (exact) mass is 358 g/mol. The minimum Gasteiger partial charge on any atom is -0.497 e. The summed E-state index contributed by atoms with van der Waals surface area (Å²) < 4.78 is 10.4. The molecule has 140 valence electrons. The van der Waals surface area contributed by atoms with Crippen LogP contribution < -0.4 is 15.8 Å². The SMILES string of the molecule is COc1ccc(N)c(C(O)c2cccc(CNC(=O)OC(C)(C)C)c2)c1. The first-order valence-corrected chi connectivity index (χ1v) is 8.37. The second-order valence-electron chi connectivity index (χ2n) is 7.00. The molecule has 0 aliphatic heterocycles. The lowest BCUT2D eigenvalue weighted by molar-refractivity contribution is 0.0523. The Morgan fingerprint density at radius 3 is 2.62 bits per heavy atom. The summed E-state index contributed by atoms with van der Waals surface area (Å²) >= 11 is 0. The maximum Gasteiger partial charge on any atom is 0.407 e. The van der Waals surface area contributed by atoms with Gasteiger partial charge in [-0.15, -0.1) is 0 Å². The number of nitrogens with two attached hydrogens (primary N) is 1. The van der Waals surface area contributed by atoms with E-state index < -0.39 is 17.8 Å². The molecule has 0 bridgehead atoms. The molecular weight excluding hydrogens is 332 g/mol. The Bertz CT molecular complexity index is 769. The Hall–Kier alpha value is -2.73. The number of anilines is 1. The van der Waals surface area contributed by atoms with E-state index in [9.17, 15) is 9.90 Å². The normalized spacial score (nSPS) is 12.3. The number of carbonyl (C=O) groups is 1. The molecule has 1 amide bonds. The van der Waals surface area contributed by atoms with Crippen molar-refractivity contribution in [2.45, 2.75) is 39.0 Å². The molecular formula is C20H26N2O4. The number of methoxy groups -OCH3 is 1. The Labute approximate surface area is 153 Å². The van der Waals surface area contributed by atoms with Crippen LogP contribution in [0.2, 0.25) is 0 Å². The lowest BCUT2D eigenvalue weighted by Gasteiger charge is -2.20. The molecule has 2 rings (SSSR count). The molecule has 6 nitrogen and oxygen atoms in total. The molecule has 2 aromatic carbocycles. The van der Waals surface area contributed by atoms with Gasteiger partial charge in [0.25, 0.3) is 0 Å². The number of rotatable bonds is 5. The van der Waals surface area contributed by atoms with Gasteiger partial charge in [-0.2, -0.15) is 0 Å². The number of nitrogen functional groups attached to an aromatic ring is 1. The Morgan fingerprint density at radius 2 is 1.96 bits per heavy atom. The largest absolute Gasteiger partial charge is 0.497 e. The van der Waals surface area contributed by atoms with E-state index in [1.807, 2.05) is 39.0 Å². The Kier molecular flexibility index (Phi) is 6.10. The minimum absolute atomic E-state index is 0.295. The summed E-state index contributed by atoms with van der Waals surface area (Å²) in [4.78, 5) is 11.8. The van der Waals surface area contributed by atoms with Gasteiger partial charge in [-0.25, -0.2) is 4.79 Å². The quantitative estimate of drug-likeness (QED) is 0.712. The lowest BCUT2D eigenvalue weighted by Crippen LogP contribution is -2.32. The molecule has 6 heteroatoms. The van der Waals surface area contributed by atoms with E-state index in [4.69, 9.17) is 15.2 Å². The second kappa shape index (κ2) is 8.10. The number of aliphatic hydroxyl groups excluding tert-OH is 1. The molecule has 0 aliphatic carbocycles. The third-order valence-electron chi connectivity index (χ3n) is 3.69. The van der Waals surface area contributed by atoms with Crippen LogP contribution in [0.25, 0.3) is 0 Å². The number of amides is 1. The van der Waals surface area contributed by atoms with Gasteiger partial charge in [-0.05, 0) is 50.1 Å². The number of hydrogen-bond acceptors (Lipinski definition) is 5. The minimum atomic E-state index is -0.897. The van der Waals surface area contributed by atoms with Crippen molar-refractivity contribution in [3.63, 3.8) is 0 Å². The summed E-state index contributed by atoms with van der Waals surface area (Å²) in [6.45, 7) is 5.72. The highest BCUT2D eigenvalue weighted by Gasteiger charge is 2.17. The summed E-state index contributed by atoms with van der Waals surface area (Å²) in [6, 6.07) is 12.5. The molecule has 0 fully saturated rings. The van der Waals surface area contributed by atoms with Crippen LogP contribution in [0.1, 0.15) is 43.6 Å². The predicted octanol–water partition coefficient (Wildman–Crippen LogP) is 3.38. The highest BCUT2D eigenvalue weighted by atomic mass is 16.6. The second-order valence-corrected chi connectivity index (χ2v) is 7.00. The first-order valence-electron chi connectivity index (χ1n) is 8.37. The summed E-state index contributed by atoms with van der Waals surface area (Å²) in [5.41, 5.74) is 8.01. The van der Waals surface area contributed by atoms with E-state index in [0.29, 0.717) is 29.1 Å². The molecule has 1 unspecified atom stereocenters. The van der Waals surface area contributed by atoms with Crippen LogP contribution in [0.4, 0.5) is 10.5 Å². The van der Waals surface area contributed by atoms with Crippen molar-refractivity contribution in [1.82, 2.24) is 5.32 Å². The van der Waals surface area contributed by atoms with Crippen LogP contribution in [0.5, 0.6) is 5.75 Å². The van der Waals surface area contributed by atoms with Crippen LogP contribution in [-0.2, 0) is 11.3 Å². The van der Waals surface area contributed by atoms with Gasteiger partial charge in [0, 0.05) is 17.8 Å². The predicted molar refractivity (Wildman–Crippen MR) is 101 cm³/mol. The number of ether oxygens (including phenoxy) is 2. The van der Waals surface area contributed by atoms with E-state index in [2.05, 4.69) is 5.32 Å². The third-order valence-corrected chi connectivity index (χ3v) is 3.69. The number of alkyl carbamates (subject to hydrolysis) is 1. The van der Waals surface area contributed by atoms with Crippen LogP contribution in [-0.4, -0.2) is 23.9 Å². The third kappa shape index (κ3) is 5.39. The van der Waals surface area contributed by atoms with Gasteiger partial charge < -0.3 is 25.6 Å². The van der Waals surface area contributed by atoms with Crippen LogP contribution in [0.15, 0.2) is 42.5 Å². The molecule has 2 aromatic rings. The van der Waals surface area contributed by atoms with Crippen LogP contribution in [0.3, 0.4) is 0 Å². The van der Waals surface area contributed by atoms with E-state index in [0.717, 1.165) is 5.56 Å². The molecule has 0 radical (unpaired) electrons. The summed E-state index contributed by atoms with van der Waals surface area (Å²) in [5.74, 6) is 0.621. The van der Waals surface area contributed by atoms with Gasteiger partial charge in [-0.3, -0.25) is 0 Å². The fourth-order valence-corrected chi connectivity index (χ4v) is 2.46. The zero-order chi connectivity index (χ0) is 19.3. The van der Waals surface area contributed by atoms with E-state index in [-0.39, 0.29) is 0 Å². The highest BCUT2D eigenvalue weighted by Crippen LogP contribution is 2.30. The molecule has 0 spiro atoms. The van der Waals surface area contributed by atoms with Crippen molar-refractivity contribution in [3.8, 4) is 5.75 Å². The smallest absolute Gasteiger partial charge is 0.407 e. The highest BCUT2D eigenvalue weighted by molar-refractivity contribution is 5.67. The number of nitrogens with one attached hydrogen (secondary N) is 1. The summed E-state index contributed by atoms with van der Waals surface area (Å²) in [7, 11) is 1.56. The number of aliphatic hydroxyl groups is 1. The van der Waals surface area contributed by atoms with Crippen molar-refractivity contribution in [2.24, 2.45) is 0 Å². The standard InChI is InChI=1S/C20H26N2O4/c1-20(2,3)26-19(24)22-12-13-6-5-7-14(10-13)18(23)16-11-15(25-4)8-9-17(16)21/h5-11,18,23H,12,21H2,1-4H3,(H,22,24). The lowest BCUT2D eigenvalue weighted by atomic mass is 9.98. The first kappa shape index (κ1) is 19.6.